The second-order valence-electron chi connectivity index (χ2n) is 7.46. The van der Waals surface area contributed by atoms with Gasteiger partial charge in [0, 0.05) is 21.8 Å². The van der Waals surface area contributed by atoms with E-state index < -0.39 is 12.1 Å². The van der Waals surface area contributed by atoms with Gasteiger partial charge in [-0.3, -0.25) is 9.78 Å². The Balaban J connectivity index is 1.53. The first-order chi connectivity index (χ1) is 15.5. The Bertz CT molecular complexity index is 1210. The first-order valence-electron chi connectivity index (χ1n) is 9.99. The Labute approximate surface area is 194 Å². The van der Waals surface area contributed by atoms with Gasteiger partial charge in [-0.1, -0.05) is 41.4 Å². The largest absolute Gasteiger partial charge is 0.455 e. The van der Waals surface area contributed by atoms with Crippen LogP contribution in [0.1, 0.15) is 52.0 Å². The average Bonchev–Trinajstić information content (AvgIpc) is 3.63. The maximum atomic E-state index is 14.7. The van der Waals surface area contributed by atoms with Crippen LogP contribution < -0.4 is 10.1 Å². The molecule has 1 heterocycles. The van der Waals surface area contributed by atoms with Crippen LogP contribution >= 0.6 is 23.2 Å². The van der Waals surface area contributed by atoms with Crippen LogP contribution in [0.25, 0.3) is 0 Å². The molecular formula is C24H18Cl2FN3O2. The number of nitriles is 1. The van der Waals surface area contributed by atoms with Gasteiger partial charge in [-0.15, -0.1) is 0 Å². The fourth-order valence-electron chi connectivity index (χ4n) is 3.35. The predicted molar refractivity (Wildman–Crippen MR) is 120 cm³/mol. The minimum absolute atomic E-state index is 0.00581. The van der Waals surface area contributed by atoms with Gasteiger partial charge in [-0.05, 0) is 48.6 Å². The van der Waals surface area contributed by atoms with E-state index in [4.69, 9.17) is 27.9 Å². The quantitative estimate of drug-likeness (QED) is 0.436. The number of carbonyl (C=O) groups is 1. The number of halogens is 3. The predicted octanol–water partition coefficient (Wildman–Crippen LogP) is 6.37. The van der Waals surface area contributed by atoms with Gasteiger partial charge in [0.05, 0.1) is 18.3 Å². The van der Waals surface area contributed by atoms with E-state index in [2.05, 4.69) is 10.3 Å². The molecule has 0 aliphatic heterocycles. The maximum absolute atomic E-state index is 14.7. The van der Waals surface area contributed by atoms with Crippen LogP contribution in [0, 0.1) is 11.3 Å². The second kappa shape index (κ2) is 9.56. The molecule has 1 N–H and O–H groups in total. The minimum atomic E-state index is -1.56. The lowest BCUT2D eigenvalue weighted by Crippen LogP contribution is -2.28. The van der Waals surface area contributed by atoms with Gasteiger partial charge >= 0.3 is 0 Å². The smallest absolute Gasteiger partial charge is 0.256 e. The Hall–Kier alpha value is -3.14. The number of rotatable bonds is 7. The highest BCUT2D eigenvalue weighted by molar-refractivity contribution is 6.35. The molecule has 3 aromatic rings. The van der Waals surface area contributed by atoms with Crippen LogP contribution in [0.4, 0.5) is 4.39 Å². The number of aromatic nitrogens is 1. The summed E-state index contributed by atoms with van der Waals surface area (Å²) in [6, 6.07) is 14.0. The molecule has 1 unspecified atom stereocenters. The number of hydrogen-bond donors (Lipinski definition) is 1. The summed E-state index contributed by atoms with van der Waals surface area (Å²) in [5, 5.41) is 12.5. The normalized spacial score (nSPS) is 13.8. The summed E-state index contributed by atoms with van der Waals surface area (Å²) in [7, 11) is 0. The number of ether oxygens (including phenoxy) is 1. The van der Waals surface area contributed by atoms with Crippen molar-refractivity contribution in [2.24, 2.45) is 0 Å². The van der Waals surface area contributed by atoms with E-state index in [1.807, 2.05) is 24.3 Å². The summed E-state index contributed by atoms with van der Waals surface area (Å²) >= 11 is 11.9. The summed E-state index contributed by atoms with van der Waals surface area (Å²) in [6.07, 6.45) is 3.36. The Morgan fingerprint density at radius 1 is 1.25 bits per heavy atom. The molecule has 32 heavy (non-hydrogen) atoms. The molecule has 4 rings (SSSR count). The zero-order chi connectivity index (χ0) is 22.7. The van der Waals surface area contributed by atoms with E-state index >= 15 is 0 Å². The molecule has 0 radical (unpaired) electrons. The molecule has 1 fully saturated rings. The number of alkyl halides is 1. The van der Waals surface area contributed by atoms with Crippen molar-refractivity contribution >= 4 is 29.1 Å². The van der Waals surface area contributed by atoms with Crippen LogP contribution in [0.3, 0.4) is 0 Å². The minimum Gasteiger partial charge on any atom is -0.455 e. The van der Waals surface area contributed by atoms with Crippen molar-refractivity contribution in [2.45, 2.75) is 24.9 Å². The molecule has 1 aromatic heterocycles. The summed E-state index contributed by atoms with van der Waals surface area (Å²) in [6.45, 7) is -0.343. The van der Waals surface area contributed by atoms with Gasteiger partial charge in [0.2, 0.25) is 0 Å². The SMILES string of the molecule is N#Cc1cncc(Oc2cccc(C3CC3)c2)c1C(=O)NCC(F)c1ccc(Cl)cc1Cl. The monoisotopic (exact) mass is 469 g/mol. The van der Waals surface area contributed by atoms with Gasteiger partial charge in [0.25, 0.3) is 5.91 Å². The van der Waals surface area contributed by atoms with E-state index in [1.165, 1.54) is 30.6 Å². The summed E-state index contributed by atoms with van der Waals surface area (Å²) < 4.78 is 20.6. The van der Waals surface area contributed by atoms with Gasteiger partial charge < -0.3 is 10.1 Å². The van der Waals surface area contributed by atoms with Gasteiger partial charge in [-0.2, -0.15) is 5.26 Å². The van der Waals surface area contributed by atoms with Crippen molar-refractivity contribution in [2.75, 3.05) is 6.54 Å². The van der Waals surface area contributed by atoms with Crippen molar-refractivity contribution in [1.82, 2.24) is 10.3 Å². The van der Waals surface area contributed by atoms with E-state index in [0.29, 0.717) is 16.7 Å². The van der Waals surface area contributed by atoms with E-state index in [0.717, 1.165) is 18.4 Å². The molecule has 0 spiro atoms. The summed E-state index contributed by atoms with van der Waals surface area (Å²) in [4.78, 5) is 16.9. The number of hydrogen-bond acceptors (Lipinski definition) is 4. The Kier molecular flexibility index (Phi) is 6.59. The first kappa shape index (κ1) is 22.1. The van der Waals surface area contributed by atoms with Crippen LogP contribution in [-0.4, -0.2) is 17.4 Å². The standard InChI is InChI=1S/C24H18Cl2FN3O2/c25-17-6-7-19(20(26)9-17)21(27)12-30-24(31)23-16(10-28)11-29-13-22(23)32-18-3-1-2-15(8-18)14-4-5-14/h1-3,6-9,11,13-14,21H,4-5,12H2,(H,30,31). The van der Waals surface area contributed by atoms with E-state index in [9.17, 15) is 14.4 Å². The zero-order valence-corrected chi connectivity index (χ0v) is 18.3. The fraction of sp³-hybridized carbons (Fsp3) is 0.208. The maximum Gasteiger partial charge on any atom is 0.256 e. The molecule has 162 valence electrons. The van der Waals surface area contributed by atoms with Gasteiger partial charge in [-0.25, -0.2) is 4.39 Å². The van der Waals surface area contributed by atoms with Gasteiger partial charge in [0.15, 0.2) is 5.75 Å². The molecule has 1 amide bonds. The van der Waals surface area contributed by atoms with Crippen molar-refractivity contribution in [1.29, 1.82) is 5.26 Å². The number of amides is 1. The fourth-order valence-corrected chi connectivity index (χ4v) is 3.88. The molecule has 1 saturated carbocycles. The van der Waals surface area contributed by atoms with Crippen molar-refractivity contribution in [3.05, 3.63) is 87.2 Å². The highest BCUT2D eigenvalue weighted by Gasteiger charge is 2.25. The number of nitrogens with one attached hydrogen (secondary N) is 1. The average molecular weight is 470 g/mol. The topological polar surface area (TPSA) is 75.0 Å². The third kappa shape index (κ3) is 5.01. The molecule has 1 atom stereocenters. The number of nitrogens with zero attached hydrogens (tertiary/aromatic N) is 2. The third-order valence-corrected chi connectivity index (χ3v) is 5.70. The van der Waals surface area contributed by atoms with Crippen LogP contribution in [0.2, 0.25) is 10.0 Å². The molecule has 5 nitrogen and oxygen atoms in total. The van der Waals surface area contributed by atoms with Crippen molar-refractivity contribution in [3.63, 3.8) is 0 Å². The molecule has 0 saturated heterocycles. The molecular weight excluding hydrogens is 452 g/mol. The molecule has 8 heteroatoms. The Morgan fingerprint density at radius 2 is 2.06 bits per heavy atom. The second-order valence-corrected chi connectivity index (χ2v) is 8.31. The first-order valence-corrected chi connectivity index (χ1v) is 10.7. The molecule has 1 aliphatic rings. The lowest BCUT2D eigenvalue weighted by molar-refractivity contribution is 0.0939. The van der Waals surface area contributed by atoms with Crippen molar-refractivity contribution in [3.8, 4) is 17.6 Å². The highest BCUT2D eigenvalue weighted by Crippen LogP contribution is 2.41. The molecule has 0 bridgehead atoms. The van der Waals surface area contributed by atoms with Gasteiger partial charge in [0.1, 0.15) is 23.6 Å². The number of carbonyl (C=O) groups excluding carboxylic acids is 1. The lowest BCUT2D eigenvalue weighted by atomic mass is 10.1. The van der Waals surface area contributed by atoms with Crippen LogP contribution in [-0.2, 0) is 0 Å². The zero-order valence-electron chi connectivity index (χ0n) is 16.8. The molecule has 2 aromatic carbocycles. The summed E-state index contributed by atoms with van der Waals surface area (Å²) in [5.41, 5.74) is 1.39. The van der Waals surface area contributed by atoms with Crippen LogP contribution in [0.15, 0.2) is 54.9 Å². The number of pyridine rings is 1. The van der Waals surface area contributed by atoms with E-state index in [-0.39, 0.29) is 34.0 Å². The highest BCUT2D eigenvalue weighted by atomic mass is 35.5. The summed E-state index contributed by atoms with van der Waals surface area (Å²) in [5.74, 6) is 0.544. The van der Waals surface area contributed by atoms with Crippen molar-refractivity contribution < 1.29 is 13.9 Å². The lowest BCUT2D eigenvalue weighted by Gasteiger charge is -2.15. The van der Waals surface area contributed by atoms with E-state index in [1.54, 1.807) is 6.07 Å². The third-order valence-electron chi connectivity index (χ3n) is 5.14. The number of benzene rings is 2. The van der Waals surface area contributed by atoms with Crippen LogP contribution in [0.5, 0.6) is 11.5 Å². The Morgan fingerprint density at radius 3 is 2.78 bits per heavy atom. The molecule has 1 aliphatic carbocycles.